The summed E-state index contributed by atoms with van der Waals surface area (Å²) < 4.78 is 0. The molecule has 2 aromatic carbocycles. The topological polar surface area (TPSA) is 0 Å². The zero-order valence-corrected chi connectivity index (χ0v) is 15.5. The normalized spacial score (nSPS) is 10.9. The molecule has 0 heterocycles. The maximum Gasteiger partial charge on any atom is 0.0991 e. The molecule has 0 saturated carbocycles. The summed E-state index contributed by atoms with van der Waals surface area (Å²) in [6, 6.07) is 22.4. The van der Waals surface area contributed by atoms with E-state index in [0.29, 0.717) is 0 Å². The van der Waals surface area contributed by atoms with E-state index >= 15 is 0 Å². The van der Waals surface area contributed by atoms with Crippen molar-refractivity contribution in [2.75, 3.05) is 12.3 Å². The molecule has 0 atom stereocenters. The SMILES string of the molecule is CCC[P+](CCC)(c1ccccc1)c1ccccc1.[I-]. The van der Waals surface area contributed by atoms with Crippen LogP contribution in [-0.4, -0.2) is 12.3 Å². The zero-order chi connectivity index (χ0) is 13.6. The van der Waals surface area contributed by atoms with Crippen LogP contribution in [-0.2, 0) is 0 Å². The minimum absolute atomic E-state index is 0. The molecule has 0 bridgehead atoms. The molecule has 0 aliphatic heterocycles. The van der Waals surface area contributed by atoms with E-state index in [4.69, 9.17) is 0 Å². The summed E-state index contributed by atoms with van der Waals surface area (Å²) in [5.74, 6) is 0. The Morgan fingerprint density at radius 2 is 1.00 bits per heavy atom. The molecular formula is C18H24IP. The average molecular weight is 398 g/mol. The van der Waals surface area contributed by atoms with Crippen LogP contribution in [0.15, 0.2) is 60.7 Å². The van der Waals surface area contributed by atoms with Crippen molar-refractivity contribution in [1.82, 2.24) is 0 Å². The van der Waals surface area contributed by atoms with Gasteiger partial charge in [-0.05, 0) is 37.1 Å². The molecule has 0 N–H and O–H groups in total. The van der Waals surface area contributed by atoms with Crippen LogP contribution in [0.1, 0.15) is 26.7 Å². The van der Waals surface area contributed by atoms with Crippen molar-refractivity contribution in [1.29, 1.82) is 0 Å². The Morgan fingerprint density at radius 3 is 1.30 bits per heavy atom. The largest absolute Gasteiger partial charge is 1.00 e. The Bertz CT molecular complexity index is 434. The molecule has 0 aliphatic rings. The summed E-state index contributed by atoms with van der Waals surface area (Å²) in [4.78, 5) is 0. The molecular weight excluding hydrogens is 374 g/mol. The lowest BCUT2D eigenvalue weighted by molar-refractivity contribution is -0.00000394. The van der Waals surface area contributed by atoms with Crippen molar-refractivity contribution < 1.29 is 24.0 Å². The van der Waals surface area contributed by atoms with Crippen LogP contribution in [0.4, 0.5) is 0 Å². The fraction of sp³-hybridized carbons (Fsp3) is 0.333. The number of benzene rings is 2. The predicted octanol–water partition coefficient (Wildman–Crippen LogP) is 1.48. The van der Waals surface area contributed by atoms with Crippen molar-refractivity contribution in [3.05, 3.63) is 60.7 Å². The summed E-state index contributed by atoms with van der Waals surface area (Å²) in [5, 5.41) is 3.15. The molecule has 0 unspecified atom stereocenters. The fourth-order valence-corrected chi connectivity index (χ4v) is 7.53. The van der Waals surface area contributed by atoms with Crippen molar-refractivity contribution in [2.45, 2.75) is 26.7 Å². The predicted molar refractivity (Wildman–Crippen MR) is 89.4 cm³/mol. The number of hydrogen-bond donors (Lipinski definition) is 0. The van der Waals surface area contributed by atoms with Gasteiger partial charge in [0.1, 0.15) is 0 Å². The van der Waals surface area contributed by atoms with E-state index in [-0.39, 0.29) is 24.0 Å². The highest BCUT2D eigenvalue weighted by Gasteiger charge is 2.40. The zero-order valence-electron chi connectivity index (χ0n) is 12.4. The Balaban J connectivity index is 0.00000200. The Hall–Kier alpha value is -0.400. The third-order valence-corrected chi connectivity index (χ3v) is 8.71. The van der Waals surface area contributed by atoms with Gasteiger partial charge >= 0.3 is 0 Å². The van der Waals surface area contributed by atoms with Crippen LogP contribution in [0.5, 0.6) is 0 Å². The Labute approximate surface area is 141 Å². The average Bonchev–Trinajstić information content (AvgIpc) is 2.49. The maximum absolute atomic E-state index is 2.34. The first-order valence-corrected chi connectivity index (χ1v) is 9.47. The molecule has 0 fully saturated rings. The fourth-order valence-electron chi connectivity index (χ4n) is 2.97. The Morgan fingerprint density at radius 1 is 0.650 bits per heavy atom. The second-order valence-electron chi connectivity index (χ2n) is 5.09. The molecule has 0 saturated heterocycles. The summed E-state index contributed by atoms with van der Waals surface area (Å²) >= 11 is 0. The molecule has 108 valence electrons. The monoisotopic (exact) mass is 398 g/mol. The maximum atomic E-state index is 2.34. The molecule has 2 aromatic rings. The molecule has 0 aromatic heterocycles. The number of halogens is 1. The first kappa shape index (κ1) is 17.7. The van der Waals surface area contributed by atoms with E-state index in [1.54, 1.807) is 10.6 Å². The van der Waals surface area contributed by atoms with Crippen molar-refractivity contribution in [3.8, 4) is 0 Å². The first-order valence-electron chi connectivity index (χ1n) is 7.32. The molecule has 2 rings (SSSR count). The minimum Gasteiger partial charge on any atom is -1.00 e. The summed E-state index contributed by atoms with van der Waals surface area (Å²) in [6.45, 7) is 4.63. The van der Waals surface area contributed by atoms with E-state index in [2.05, 4.69) is 74.5 Å². The lowest BCUT2D eigenvalue weighted by Crippen LogP contribution is -3.00. The van der Waals surface area contributed by atoms with Crippen LogP contribution in [0.3, 0.4) is 0 Å². The number of rotatable bonds is 6. The Kier molecular flexibility index (Phi) is 7.76. The smallest absolute Gasteiger partial charge is 0.0991 e. The van der Waals surface area contributed by atoms with Gasteiger partial charge in [-0.15, -0.1) is 0 Å². The second-order valence-corrected chi connectivity index (χ2v) is 8.95. The van der Waals surface area contributed by atoms with Crippen LogP contribution in [0, 0.1) is 0 Å². The standard InChI is InChI=1S/C18H24P.HI/c1-3-15-19(16-4-2,17-11-7-5-8-12-17)18-13-9-6-10-14-18;/h5-14H,3-4,15-16H2,1-2H3;1H/q+1;/p-1. The van der Waals surface area contributed by atoms with Gasteiger partial charge in [-0.25, -0.2) is 0 Å². The van der Waals surface area contributed by atoms with Crippen molar-refractivity contribution >= 4 is 17.9 Å². The van der Waals surface area contributed by atoms with Gasteiger partial charge in [0.2, 0.25) is 0 Å². The highest BCUT2D eigenvalue weighted by molar-refractivity contribution is 7.89. The van der Waals surface area contributed by atoms with E-state index in [1.165, 1.54) is 25.2 Å². The number of hydrogen-bond acceptors (Lipinski definition) is 0. The van der Waals surface area contributed by atoms with Gasteiger partial charge in [0.15, 0.2) is 0 Å². The lowest BCUT2D eigenvalue weighted by Gasteiger charge is -2.27. The highest BCUT2D eigenvalue weighted by atomic mass is 127. The summed E-state index contributed by atoms with van der Waals surface area (Å²) in [7, 11) is -1.20. The van der Waals surface area contributed by atoms with Gasteiger partial charge in [-0.3, -0.25) is 0 Å². The van der Waals surface area contributed by atoms with Crippen molar-refractivity contribution in [2.24, 2.45) is 0 Å². The minimum atomic E-state index is -1.20. The van der Waals surface area contributed by atoms with Crippen LogP contribution < -0.4 is 34.6 Å². The van der Waals surface area contributed by atoms with Gasteiger partial charge in [-0.2, -0.15) is 0 Å². The third kappa shape index (κ3) is 3.83. The van der Waals surface area contributed by atoms with Gasteiger partial charge in [0, 0.05) is 0 Å². The first-order chi connectivity index (χ1) is 9.33. The summed E-state index contributed by atoms with van der Waals surface area (Å²) in [6.07, 6.45) is 5.18. The quantitative estimate of drug-likeness (QED) is 0.511. The highest BCUT2D eigenvalue weighted by Crippen LogP contribution is 2.57. The van der Waals surface area contributed by atoms with Gasteiger partial charge < -0.3 is 24.0 Å². The van der Waals surface area contributed by atoms with E-state index in [0.717, 1.165) is 0 Å². The van der Waals surface area contributed by atoms with Crippen molar-refractivity contribution in [3.63, 3.8) is 0 Å². The molecule has 0 amide bonds. The second kappa shape index (κ2) is 8.79. The van der Waals surface area contributed by atoms with Gasteiger partial charge in [-0.1, -0.05) is 50.2 Å². The lowest BCUT2D eigenvalue weighted by atomic mass is 10.4. The molecule has 0 aliphatic carbocycles. The van der Waals surface area contributed by atoms with E-state index in [9.17, 15) is 0 Å². The van der Waals surface area contributed by atoms with Crippen LogP contribution in [0.25, 0.3) is 0 Å². The molecule has 0 radical (unpaired) electrons. The molecule has 0 spiro atoms. The van der Waals surface area contributed by atoms with Crippen LogP contribution >= 0.6 is 7.26 Å². The van der Waals surface area contributed by atoms with Gasteiger partial charge in [0.05, 0.1) is 30.2 Å². The molecule has 0 nitrogen and oxygen atoms in total. The van der Waals surface area contributed by atoms with Crippen LogP contribution in [0.2, 0.25) is 0 Å². The molecule has 2 heteroatoms. The van der Waals surface area contributed by atoms with Gasteiger partial charge in [0.25, 0.3) is 0 Å². The van der Waals surface area contributed by atoms with E-state index in [1.807, 2.05) is 0 Å². The third-order valence-electron chi connectivity index (χ3n) is 3.71. The summed E-state index contributed by atoms with van der Waals surface area (Å²) in [5.41, 5.74) is 0. The molecule has 20 heavy (non-hydrogen) atoms. The van der Waals surface area contributed by atoms with E-state index < -0.39 is 7.26 Å².